The fraction of sp³-hybridized carbons (Fsp3) is 0.800. The minimum absolute atomic E-state index is 0.0475. The van der Waals surface area contributed by atoms with E-state index in [0.29, 0.717) is 11.5 Å². The highest BCUT2D eigenvalue weighted by atomic mass is 35.5. The van der Waals surface area contributed by atoms with Crippen LogP contribution in [-0.4, -0.2) is 11.9 Å². The molecule has 0 aromatic rings. The number of halogens is 2. The largest absolute Gasteiger partial charge is 0.352 e. The lowest BCUT2D eigenvalue weighted by atomic mass is 9.78. The van der Waals surface area contributed by atoms with Crippen molar-refractivity contribution in [2.45, 2.75) is 65.3 Å². The van der Waals surface area contributed by atoms with Gasteiger partial charge in [0.2, 0.25) is 5.91 Å². The highest BCUT2D eigenvalue weighted by molar-refractivity contribution is 6.36. The van der Waals surface area contributed by atoms with E-state index in [9.17, 15) is 4.79 Å². The van der Waals surface area contributed by atoms with Gasteiger partial charge in [0.25, 0.3) is 0 Å². The molecule has 0 aliphatic heterocycles. The van der Waals surface area contributed by atoms with Gasteiger partial charge in [0.05, 0.1) is 0 Å². The molecule has 2 unspecified atom stereocenters. The monoisotopic (exact) mass is 305 g/mol. The third-order valence-electron chi connectivity index (χ3n) is 4.48. The second-order valence-electron chi connectivity index (χ2n) is 5.99. The summed E-state index contributed by atoms with van der Waals surface area (Å²) >= 11 is 11.7. The molecule has 1 N–H and O–H groups in total. The van der Waals surface area contributed by atoms with Crippen LogP contribution in [0.3, 0.4) is 0 Å². The highest BCUT2D eigenvalue weighted by Crippen LogP contribution is 2.42. The van der Waals surface area contributed by atoms with Crippen LogP contribution in [0.5, 0.6) is 0 Å². The summed E-state index contributed by atoms with van der Waals surface area (Å²) in [6.45, 7) is 6.24. The van der Waals surface area contributed by atoms with Crippen molar-refractivity contribution >= 4 is 29.1 Å². The van der Waals surface area contributed by atoms with Crippen LogP contribution in [0.2, 0.25) is 0 Å². The maximum absolute atomic E-state index is 12.1. The molecule has 1 fully saturated rings. The highest BCUT2D eigenvalue weighted by Gasteiger charge is 2.38. The zero-order chi connectivity index (χ0) is 14.5. The topological polar surface area (TPSA) is 29.1 Å². The molecule has 2 nitrogen and oxygen atoms in total. The van der Waals surface area contributed by atoms with Gasteiger partial charge in [-0.25, -0.2) is 0 Å². The van der Waals surface area contributed by atoms with Crippen LogP contribution in [-0.2, 0) is 4.79 Å². The van der Waals surface area contributed by atoms with Crippen molar-refractivity contribution in [2.75, 3.05) is 0 Å². The summed E-state index contributed by atoms with van der Waals surface area (Å²) in [5.74, 6) is 0.172. The Morgan fingerprint density at radius 3 is 2.47 bits per heavy atom. The number of hydrogen-bond acceptors (Lipinski definition) is 1. The maximum atomic E-state index is 12.1. The second kappa shape index (κ2) is 7.54. The summed E-state index contributed by atoms with van der Waals surface area (Å²) in [6.07, 6.45) is 6.23. The zero-order valence-corrected chi connectivity index (χ0v) is 13.7. The standard InChI is InChI=1S/C15H25Cl2NO/c1-4-11(2)14(19)18-13(9-12(17)10-16)15(3)7-5-6-8-15/h10-11,13H,4-9H2,1-3H3,(H,18,19)/b12-10-. The van der Waals surface area contributed by atoms with Gasteiger partial charge < -0.3 is 5.32 Å². The van der Waals surface area contributed by atoms with Crippen molar-refractivity contribution in [3.05, 3.63) is 10.6 Å². The van der Waals surface area contributed by atoms with E-state index in [4.69, 9.17) is 23.2 Å². The Labute approximate surface area is 126 Å². The average molecular weight is 306 g/mol. The maximum Gasteiger partial charge on any atom is 0.223 e. The molecule has 1 rings (SSSR count). The predicted molar refractivity (Wildman–Crippen MR) is 82.4 cm³/mol. The fourth-order valence-electron chi connectivity index (χ4n) is 2.74. The molecule has 1 aliphatic carbocycles. The molecule has 0 radical (unpaired) electrons. The Morgan fingerprint density at radius 1 is 1.42 bits per heavy atom. The zero-order valence-electron chi connectivity index (χ0n) is 12.1. The molecule has 2 atom stereocenters. The Hall–Kier alpha value is -0.210. The summed E-state index contributed by atoms with van der Waals surface area (Å²) in [6, 6.07) is 0.0824. The normalized spacial score (nSPS) is 22.1. The molecule has 4 heteroatoms. The lowest BCUT2D eigenvalue weighted by Crippen LogP contribution is -2.47. The van der Waals surface area contributed by atoms with Gasteiger partial charge in [-0.3, -0.25) is 4.79 Å². The van der Waals surface area contributed by atoms with Crippen molar-refractivity contribution in [1.82, 2.24) is 5.32 Å². The van der Waals surface area contributed by atoms with Gasteiger partial charge in [-0.2, -0.15) is 0 Å². The van der Waals surface area contributed by atoms with E-state index >= 15 is 0 Å². The SMILES string of the molecule is CCC(C)C(=O)NC(C/C(Cl)=C/Cl)C1(C)CCCC1. The quantitative estimate of drug-likeness (QED) is 0.750. The van der Waals surface area contributed by atoms with Crippen molar-refractivity contribution < 1.29 is 4.79 Å². The van der Waals surface area contributed by atoms with Crippen molar-refractivity contribution in [2.24, 2.45) is 11.3 Å². The Bertz CT molecular complexity index is 335. The fourth-order valence-corrected chi connectivity index (χ4v) is 2.99. The number of carbonyl (C=O) groups excluding carboxylic acids is 1. The van der Waals surface area contributed by atoms with E-state index in [1.807, 2.05) is 13.8 Å². The van der Waals surface area contributed by atoms with Gasteiger partial charge in [0.1, 0.15) is 0 Å². The molecule has 1 saturated carbocycles. The molecule has 110 valence electrons. The Morgan fingerprint density at radius 2 is 2.00 bits per heavy atom. The van der Waals surface area contributed by atoms with E-state index in [-0.39, 0.29) is 23.3 Å². The van der Waals surface area contributed by atoms with Gasteiger partial charge in [0.15, 0.2) is 0 Å². The second-order valence-corrected chi connectivity index (χ2v) is 6.70. The molecular weight excluding hydrogens is 281 g/mol. The predicted octanol–water partition coefficient (Wildman–Crippen LogP) is 4.81. The first kappa shape index (κ1) is 16.8. The van der Waals surface area contributed by atoms with Crippen LogP contribution in [0.1, 0.15) is 59.3 Å². The summed E-state index contributed by atoms with van der Waals surface area (Å²) in [5.41, 5.74) is 1.55. The molecule has 0 aromatic carbocycles. The van der Waals surface area contributed by atoms with Gasteiger partial charge >= 0.3 is 0 Å². The third kappa shape index (κ3) is 4.68. The van der Waals surface area contributed by atoms with E-state index in [1.54, 1.807) is 0 Å². The van der Waals surface area contributed by atoms with Crippen LogP contribution < -0.4 is 5.32 Å². The van der Waals surface area contributed by atoms with Crippen molar-refractivity contribution in [3.63, 3.8) is 0 Å². The van der Waals surface area contributed by atoms with Gasteiger partial charge in [-0.05, 0) is 24.7 Å². The van der Waals surface area contributed by atoms with Gasteiger partial charge in [0, 0.05) is 28.9 Å². The minimum Gasteiger partial charge on any atom is -0.352 e. The molecule has 1 amide bonds. The van der Waals surface area contributed by atoms with Crippen molar-refractivity contribution in [1.29, 1.82) is 0 Å². The van der Waals surface area contributed by atoms with Crippen LogP contribution in [0, 0.1) is 11.3 Å². The lowest BCUT2D eigenvalue weighted by molar-refractivity contribution is -0.126. The van der Waals surface area contributed by atoms with E-state index in [0.717, 1.165) is 19.3 Å². The summed E-state index contributed by atoms with van der Waals surface area (Å²) in [5, 5.41) is 3.81. The molecule has 0 saturated heterocycles. The number of amides is 1. The molecule has 0 heterocycles. The van der Waals surface area contributed by atoms with E-state index < -0.39 is 0 Å². The average Bonchev–Trinajstić information content (AvgIpc) is 2.84. The van der Waals surface area contributed by atoms with E-state index in [1.165, 1.54) is 18.4 Å². The van der Waals surface area contributed by atoms with Crippen LogP contribution in [0.4, 0.5) is 0 Å². The summed E-state index contributed by atoms with van der Waals surface area (Å²) in [7, 11) is 0. The smallest absolute Gasteiger partial charge is 0.223 e. The third-order valence-corrected chi connectivity index (χ3v) is 5.12. The van der Waals surface area contributed by atoms with Gasteiger partial charge in [-0.1, -0.05) is 56.8 Å². The molecule has 0 spiro atoms. The lowest BCUT2D eigenvalue weighted by Gasteiger charge is -2.35. The number of carbonyl (C=O) groups is 1. The molecule has 1 aliphatic rings. The molecule has 0 bridgehead atoms. The Balaban J connectivity index is 2.77. The summed E-state index contributed by atoms with van der Waals surface area (Å²) < 4.78 is 0. The first-order valence-electron chi connectivity index (χ1n) is 7.18. The molecular formula is C15H25Cl2NO. The minimum atomic E-state index is 0.0475. The first-order valence-corrected chi connectivity index (χ1v) is 7.99. The van der Waals surface area contributed by atoms with E-state index in [2.05, 4.69) is 12.2 Å². The molecule has 19 heavy (non-hydrogen) atoms. The Kier molecular flexibility index (Phi) is 6.68. The molecule has 0 aromatic heterocycles. The van der Waals surface area contributed by atoms with Crippen LogP contribution in [0.15, 0.2) is 10.6 Å². The summed E-state index contributed by atoms with van der Waals surface area (Å²) in [4.78, 5) is 12.1. The number of nitrogens with one attached hydrogen (secondary N) is 1. The van der Waals surface area contributed by atoms with Crippen LogP contribution in [0.25, 0.3) is 0 Å². The first-order chi connectivity index (χ1) is 8.92. The van der Waals surface area contributed by atoms with Crippen LogP contribution >= 0.6 is 23.2 Å². The number of hydrogen-bond donors (Lipinski definition) is 1. The van der Waals surface area contributed by atoms with Gasteiger partial charge in [-0.15, -0.1) is 0 Å². The van der Waals surface area contributed by atoms with Crippen molar-refractivity contribution in [3.8, 4) is 0 Å². The number of rotatable bonds is 6.